The van der Waals surface area contributed by atoms with Gasteiger partial charge in [0, 0.05) is 10.3 Å². The summed E-state index contributed by atoms with van der Waals surface area (Å²) in [6.07, 6.45) is 0. The van der Waals surface area contributed by atoms with Gasteiger partial charge in [-0.3, -0.25) is 0 Å². The van der Waals surface area contributed by atoms with E-state index in [1.807, 2.05) is 43.3 Å². The fourth-order valence-corrected chi connectivity index (χ4v) is 4.06. The Kier molecular flexibility index (Phi) is 3.46. The molecule has 1 aromatic heterocycles. The first-order valence-electron chi connectivity index (χ1n) is 6.97. The molecule has 0 unspecified atom stereocenters. The molecule has 108 valence electrons. The first-order valence-corrected chi connectivity index (χ1v) is 8.12. The van der Waals surface area contributed by atoms with E-state index in [1.54, 1.807) is 0 Å². The van der Waals surface area contributed by atoms with Crippen molar-refractivity contribution in [2.24, 2.45) is 0 Å². The normalized spacial score (nSPS) is 12.8. The lowest BCUT2D eigenvalue weighted by molar-refractivity contribution is 0.566. The van der Waals surface area contributed by atoms with E-state index in [9.17, 15) is 4.21 Å². The summed E-state index contributed by atoms with van der Waals surface area (Å²) in [5, 5.41) is 0.998. The highest BCUT2D eigenvalue weighted by Gasteiger charge is 2.21. The highest BCUT2D eigenvalue weighted by molar-refractivity contribution is 7.85. The fourth-order valence-electron chi connectivity index (χ4n) is 2.68. The van der Waals surface area contributed by atoms with Crippen molar-refractivity contribution >= 4 is 21.8 Å². The van der Waals surface area contributed by atoms with Crippen LogP contribution in [0.25, 0.3) is 11.0 Å². The Labute approximate surface area is 127 Å². The van der Waals surface area contributed by atoms with Crippen molar-refractivity contribution in [1.29, 1.82) is 0 Å². The zero-order chi connectivity index (χ0) is 15.1. The molecule has 0 aliphatic rings. The Morgan fingerprint density at radius 1 is 0.952 bits per heavy atom. The molecular formula is C18H18O2S. The molecule has 21 heavy (non-hydrogen) atoms. The standard InChI is InChI=1S/C18H18O2S/c1-11-10-16-17(13(3)12(11)2)18(14(4)20-16)21(19)15-8-6-5-7-9-15/h5-10H,1-4H3/t21-/m1/s1. The molecule has 0 aliphatic heterocycles. The van der Waals surface area contributed by atoms with Crippen molar-refractivity contribution < 1.29 is 8.63 Å². The van der Waals surface area contributed by atoms with Crippen molar-refractivity contribution in [1.82, 2.24) is 0 Å². The minimum Gasteiger partial charge on any atom is -0.460 e. The summed E-state index contributed by atoms with van der Waals surface area (Å²) in [6, 6.07) is 11.6. The molecule has 2 nitrogen and oxygen atoms in total. The second kappa shape index (κ2) is 5.15. The number of benzene rings is 2. The average molecular weight is 298 g/mol. The maximum Gasteiger partial charge on any atom is 0.136 e. The van der Waals surface area contributed by atoms with Crippen LogP contribution in [-0.2, 0) is 10.8 Å². The Bertz CT molecular complexity index is 845. The zero-order valence-corrected chi connectivity index (χ0v) is 13.5. The van der Waals surface area contributed by atoms with Crippen LogP contribution in [0.3, 0.4) is 0 Å². The molecule has 0 N–H and O–H groups in total. The molecule has 3 aromatic rings. The lowest BCUT2D eigenvalue weighted by Crippen LogP contribution is -1.96. The summed E-state index contributed by atoms with van der Waals surface area (Å²) in [5.74, 6) is 0.736. The van der Waals surface area contributed by atoms with Gasteiger partial charge in [-0.05, 0) is 62.6 Å². The number of fused-ring (bicyclic) bond motifs is 1. The van der Waals surface area contributed by atoms with Gasteiger partial charge in [0.25, 0.3) is 0 Å². The summed E-state index contributed by atoms with van der Waals surface area (Å²) >= 11 is 0. The third-order valence-electron chi connectivity index (χ3n) is 4.08. The predicted molar refractivity (Wildman–Crippen MR) is 86.3 cm³/mol. The van der Waals surface area contributed by atoms with E-state index in [4.69, 9.17) is 4.42 Å². The molecule has 1 atom stereocenters. The molecule has 0 saturated carbocycles. The summed E-state index contributed by atoms with van der Waals surface area (Å²) in [5.41, 5.74) is 4.41. The highest BCUT2D eigenvalue weighted by atomic mass is 32.2. The van der Waals surface area contributed by atoms with Gasteiger partial charge in [0.2, 0.25) is 0 Å². The van der Waals surface area contributed by atoms with Crippen LogP contribution in [0.15, 0.2) is 50.6 Å². The van der Waals surface area contributed by atoms with Crippen molar-refractivity contribution in [3.63, 3.8) is 0 Å². The second-order valence-electron chi connectivity index (χ2n) is 5.39. The van der Waals surface area contributed by atoms with E-state index in [2.05, 4.69) is 20.8 Å². The number of hydrogen-bond acceptors (Lipinski definition) is 2. The van der Waals surface area contributed by atoms with Crippen LogP contribution >= 0.6 is 0 Å². The Balaban J connectivity index is 2.31. The largest absolute Gasteiger partial charge is 0.460 e. The molecule has 2 aromatic carbocycles. The molecule has 0 spiro atoms. The van der Waals surface area contributed by atoms with E-state index in [0.29, 0.717) is 0 Å². The fraction of sp³-hybridized carbons (Fsp3) is 0.222. The van der Waals surface area contributed by atoms with Gasteiger partial charge in [0.05, 0.1) is 15.7 Å². The zero-order valence-electron chi connectivity index (χ0n) is 12.7. The van der Waals surface area contributed by atoms with Crippen LogP contribution in [0.5, 0.6) is 0 Å². The van der Waals surface area contributed by atoms with Gasteiger partial charge in [0.1, 0.15) is 11.3 Å². The lowest BCUT2D eigenvalue weighted by atomic mass is 10.0. The number of furan rings is 1. The molecule has 0 bridgehead atoms. The number of hydrogen-bond donors (Lipinski definition) is 0. The first kappa shape index (κ1) is 14.1. The van der Waals surface area contributed by atoms with Crippen molar-refractivity contribution in [2.45, 2.75) is 37.5 Å². The number of rotatable bonds is 2. The van der Waals surface area contributed by atoms with Crippen LogP contribution < -0.4 is 0 Å². The van der Waals surface area contributed by atoms with E-state index in [1.165, 1.54) is 11.1 Å². The van der Waals surface area contributed by atoms with Crippen LogP contribution in [-0.4, -0.2) is 4.21 Å². The van der Waals surface area contributed by atoms with Gasteiger partial charge in [-0.1, -0.05) is 18.2 Å². The van der Waals surface area contributed by atoms with E-state index >= 15 is 0 Å². The van der Waals surface area contributed by atoms with Gasteiger partial charge in [-0.15, -0.1) is 0 Å². The monoisotopic (exact) mass is 298 g/mol. The summed E-state index contributed by atoms with van der Waals surface area (Å²) in [6.45, 7) is 8.14. The highest BCUT2D eigenvalue weighted by Crippen LogP contribution is 2.35. The molecule has 0 fully saturated rings. The smallest absolute Gasteiger partial charge is 0.136 e. The summed E-state index contributed by atoms with van der Waals surface area (Å²) in [7, 11) is -1.22. The van der Waals surface area contributed by atoms with Gasteiger partial charge < -0.3 is 4.42 Å². The van der Waals surface area contributed by atoms with Crippen molar-refractivity contribution in [3.05, 3.63) is 58.8 Å². The van der Waals surface area contributed by atoms with Gasteiger partial charge in [-0.2, -0.15) is 0 Å². The topological polar surface area (TPSA) is 30.2 Å². The molecule has 3 heteroatoms. The van der Waals surface area contributed by atoms with Crippen LogP contribution in [0, 0.1) is 27.7 Å². The molecule has 1 heterocycles. The molecule has 0 aliphatic carbocycles. The van der Waals surface area contributed by atoms with Crippen LogP contribution in [0.2, 0.25) is 0 Å². The maximum atomic E-state index is 12.9. The Morgan fingerprint density at radius 2 is 1.62 bits per heavy atom. The first-order chi connectivity index (χ1) is 10.0. The van der Waals surface area contributed by atoms with Crippen molar-refractivity contribution in [3.8, 4) is 0 Å². The third-order valence-corrected chi connectivity index (χ3v) is 5.64. The van der Waals surface area contributed by atoms with Gasteiger partial charge in [-0.25, -0.2) is 4.21 Å². The Hall–Kier alpha value is -1.87. The predicted octanol–water partition coefficient (Wildman–Crippen LogP) is 4.83. The van der Waals surface area contributed by atoms with Crippen LogP contribution in [0.4, 0.5) is 0 Å². The minimum absolute atomic E-state index is 0.736. The maximum absolute atomic E-state index is 12.9. The summed E-state index contributed by atoms with van der Waals surface area (Å²) < 4.78 is 18.8. The molecule has 3 rings (SSSR count). The van der Waals surface area contributed by atoms with Crippen molar-refractivity contribution in [2.75, 3.05) is 0 Å². The average Bonchev–Trinajstić information content (AvgIpc) is 2.81. The van der Waals surface area contributed by atoms with Crippen LogP contribution in [0.1, 0.15) is 22.5 Å². The summed E-state index contributed by atoms with van der Waals surface area (Å²) in [4.78, 5) is 1.61. The minimum atomic E-state index is -1.22. The van der Waals surface area contributed by atoms with Gasteiger partial charge in [0.15, 0.2) is 0 Å². The molecule has 0 saturated heterocycles. The van der Waals surface area contributed by atoms with E-state index in [-0.39, 0.29) is 0 Å². The Morgan fingerprint density at radius 3 is 2.29 bits per heavy atom. The van der Waals surface area contributed by atoms with E-state index in [0.717, 1.165) is 32.1 Å². The molecule has 0 amide bonds. The lowest BCUT2D eigenvalue weighted by Gasteiger charge is -2.07. The number of aryl methyl sites for hydroxylation is 3. The molecular weight excluding hydrogens is 280 g/mol. The van der Waals surface area contributed by atoms with E-state index < -0.39 is 10.8 Å². The van der Waals surface area contributed by atoms with Gasteiger partial charge >= 0.3 is 0 Å². The third kappa shape index (κ3) is 2.22. The quantitative estimate of drug-likeness (QED) is 0.678. The SMILES string of the molecule is Cc1cc2oc(C)c([S@](=O)c3ccccc3)c2c(C)c1C. The second-order valence-corrected chi connectivity index (χ2v) is 6.80. The molecule has 0 radical (unpaired) electrons.